The second kappa shape index (κ2) is 12.9. The van der Waals surface area contributed by atoms with Gasteiger partial charge in [0.25, 0.3) is 5.56 Å². The fraction of sp³-hybridized carbons (Fsp3) is 0.400. The molecule has 3 aromatic rings. The molecule has 180 valence electrons. The zero-order chi connectivity index (χ0) is 23.9. The van der Waals surface area contributed by atoms with Crippen LogP contribution in [0.4, 0.5) is 5.95 Å². The summed E-state index contributed by atoms with van der Waals surface area (Å²) in [5.41, 5.74) is 1.42. The van der Waals surface area contributed by atoms with Crippen LogP contribution in [0.1, 0.15) is 12.5 Å². The van der Waals surface area contributed by atoms with Crippen molar-refractivity contribution in [2.75, 3.05) is 44.4 Å². The van der Waals surface area contributed by atoms with Crippen LogP contribution >= 0.6 is 0 Å². The van der Waals surface area contributed by atoms with E-state index in [1.54, 1.807) is 29.7 Å². The third kappa shape index (κ3) is 6.72. The molecule has 10 heteroatoms. The second-order valence-corrected chi connectivity index (χ2v) is 7.96. The number of aliphatic carboxylic acids is 1. The fourth-order valence-electron chi connectivity index (χ4n) is 3.97. The van der Waals surface area contributed by atoms with Crippen LogP contribution in [0.5, 0.6) is 5.75 Å². The van der Waals surface area contributed by atoms with Crippen LogP contribution in [0.15, 0.2) is 53.3 Å². The Morgan fingerprint density at radius 1 is 1.14 bits per heavy atom. The first kappa shape index (κ1) is 26.9. The van der Waals surface area contributed by atoms with Crippen molar-refractivity contribution in [3.05, 3.63) is 64.4 Å². The molecule has 1 saturated heterocycles. The first-order chi connectivity index (χ1) is 16.6. The molecule has 1 atom stereocenters. The molecular weight excluding hydrogens is 463 g/mol. The van der Waals surface area contributed by atoms with Crippen molar-refractivity contribution in [1.82, 2.24) is 9.55 Å². The maximum atomic E-state index is 13.2. The standard InChI is InChI=1S/C25H29N3O6.Mg/c1-2-33-22(24(30)31)17-18-7-9-19(10-8-18)34-16-13-28-23(29)20-5-3-4-6-21(20)26-25(28)27-11-14-32-15-12-27;/h3-10,22H,2,11-17H2,1H3,(H,30,31);/q;+2/t22-;/m1./s1. The van der Waals surface area contributed by atoms with E-state index < -0.39 is 12.1 Å². The third-order valence-corrected chi connectivity index (χ3v) is 5.71. The number of para-hydroxylation sites is 1. The Hall–Kier alpha value is -2.66. The predicted molar refractivity (Wildman–Crippen MR) is 133 cm³/mol. The predicted octanol–water partition coefficient (Wildman–Crippen LogP) is 1.96. The van der Waals surface area contributed by atoms with Crippen LogP contribution < -0.4 is 15.2 Å². The molecule has 0 bridgehead atoms. The van der Waals surface area contributed by atoms with Gasteiger partial charge >= 0.3 is 29.0 Å². The van der Waals surface area contributed by atoms with Crippen molar-refractivity contribution in [3.8, 4) is 5.75 Å². The number of hydrogen-bond acceptors (Lipinski definition) is 7. The maximum Gasteiger partial charge on any atom is 2.00 e. The normalized spacial score (nSPS) is 14.4. The Morgan fingerprint density at radius 2 is 1.86 bits per heavy atom. The van der Waals surface area contributed by atoms with Crippen molar-refractivity contribution in [2.45, 2.75) is 26.0 Å². The van der Waals surface area contributed by atoms with Gasteiger partial charge in [0.05, 0.1) is 30.7 Å². The van der Waals surface area contributed by atoms with Gasteiger partial charge in [-0.25, -0.2) is 9.78 Å². The zero-order valence-corrected chi connectivity index (χ0v) is 21.3. The number of rotatable bonds is 10. The van der Waals surface area contributed by atoms with Gasteiger partial charge in [0.15, 0.2) is 6.10 Å². The summed E-state index contributed by atoms with van der Waals surface area (Å²) >= 11 is 0. The maximum absolute atomic E-state index is 13.2. The summed E-state index contributed by atoms with van der Waals surface area (Å²) in [6, 6.07) is 14.6. The summed E-state index contributed by atoms with van der Waals surface area (Å²) in [4.78, 5) is 31.4. The minimum absolute atomic E-state index is 0. The average Bonchev–Trinajstić information content (AvgIpc) is 2.86. The Labute approximate surface area is 219 Å². The van der Waals surface area contributed by atoms with Gasteiger partial charge in [0.2, 0.25) is 5.95 Å². The summed E-state index contributed by atoms with van der Waals surface area (Å²) in [6.45, 7) is 5.28. The van der Waals surface area contributed by atoms with Gasteiger partial charge in [-0.3, -0.25) is 9.36 Å². The zero-order valence-electron chi connectivity index (χ0n) is 19.9. The molecule has 1 aliphatic heterocycles. The van der Waals surface area contributed by atoms with Gasteiger partial charge in [0.1, 0.15) is 12.4 Å². The van der Waals surface area contributed by atoms with Crippen molar-refractivity contribution < 1.29 is 24.1 Å². The molecule has 1 aliphatic rings. The van der Waals surface area contributed by atoms with Gasteiger partial charge in [0, 0.05) is 26.1 Å². The number of carboxylic acid groups (broad SMARTS) is 1. The SMILES string of the molecule is CCO[C@H](Cc1ccc(OCCn2c(N3CCOCC3)nc3ccccc3c2=O)cc1)C(=O)O.[Mg+2]. The van der Waals surface area contributed by atoms with E-state index in [9.17, 15) is 14.7 Å². The molecule has 4 rings (SSSR count). The monoisotopic (exact) mass is 491 g/mol. The Balaban J connectivity index is 0.00000342. The number of morpholine rings is 1. The molecule has 0 spiro atoms. The number of fused-ring (bicyclic) bond motifs is 1. The number of carboxylic acids is 1. The van der Waals surface area contributed by atoms with Gasteiger partial charge in [-0.05, 0) is 36.8 Å². The number of carbonyl (C=O) groups is 1. The molecule has 0 saturated carbocycles. The molecule has 35 heavy (non-hydrogen) atoms. The summed E-state index contributed by atoms with van der Waals surface area (Å²) in [6.07, 6.45) is -0.590. The number of hydrogen-bond donors (Lipinski definition) is 1. The number of benzene rings is 2. The number of anilines is 1. The van der Waals surface area contributed by atoms with Crippen LogP contribution in [-0.4, -0.2) is 89.3 Å². The molecule has 0 radical (unpaired) electrons. The van der Waals surface area contributed by atoms with E-state index in [-0.39, 0.29) is 41.6 Å². The van der Waals surface area contributed by atoms with Gasteiger partial charge < -0.3 is 24.2 Å². The summed E-state index contributed by atoms with van der Waals surface area (Å²) in [5, 5.41) is 9.83. The van der Waals surface area contributed by atoms with Crippen molar-refractivity contribution in [3.63, 3.8) is 0 Å². The smallest absolute Gasteiger partial charge is 0.492 e. The molecule has 0 unspecified atom stereocenters. The molecule has 2 aromatic carbocycles. The number of aromatic nitrogens is 2. The minimum Gasteiger partial charge on any atom is -0.492 e. The average molecular weight is 492 g/mol. The second-order valence-electron chi connectivity index (χ2n) is 7.96. The Bertz CT molecular complexity index is 1180. The first-order valence-corrected chi connectivity index (χ1v) is 11.4. The van der Waals surface area contributed by atoms with Crippen molar-refractivity contribution in [1.29, 1.82) is 0 Å². The molecule has 0 aliphatic carbocycles. The van der Waals surface area contributed by atoms with Crippen LogP contribution in [-0.2, 0) is 27.2 Å². The van der Waals surface area contributed by atoms with Crippen LogP contribution in [0.25, 0.3) is 10.9 Å². The van der Waals surface area contributed by atoms with Crippen molar-refractivity contribution >= 4 is 45.9 Å². The molecule has 2 heterocycles. The van der Waals surface area contributed by atoms with E-state index in [0.29, 0.717) is 62.1 Å². The largest absolute Gasteiger partial charge is 2.00 e. The first-order valence-electron chi connectivity index (χ1n) is 11.4. The fourth-order valence-corrected chi connectivity index (χ4v) is 3.97. The third-order valence-electron chi connectivity index (χ3n) is 5.71. The van der Waals surface area contributed by atoms with E-state index >= 15 is 0 Å². The summed E-state index contributed by atoms with van der Waals surface area (Å²) < 4.78 is 18.3. The van der Waals surface area contributed by atoms with E-state index in [2.05, 4.69) is 4.90 Å². The molecule has 0 amide bonds. The van der Waals surface area contributed by atoms with Crippen LogP contribution in [0, 0.1) is 0 Å². The molecule has 9 nitrogen and oxygen atoms in total. The van der Waals surface area contributed by atoms with Gasteiger partial charge in [-0.15, -0.1) is 0 Å². The van der Waals surface area contributed by atoms with E-state index in [0.717, 1.165) is 5.56 Å². The van der Waals surface area contributed by atoms with E-state index in [1.165, 1.54) is 0 Å². The number of nitrogens with zero attached hydrogens (tertiary/aromatic N) is 3. The molecular formula is C25H29MgN3O6+2. The topological polar surface area (TPSA) is 103 Å². The molecule has 1 fully saturated rings. The van der Waals surface area contributed by atoms with E-state index in [4.69, 9.17) is 19.2 Å². The molecule has 1 aromatic heterocycles. The Kier molecular flexibility index (Phi) is 9.90. The number of ether oxygens (including phenoxy) is 3. The van der Waals surface area contributed by atoms with Crippen LogP contribution in [0.3, 0.4) is 0 Å². The van der Waals surface area contributed by atoms with Crippen LogP contribution in [0.2, 0.25) is 0 Å². The summed E-state index contributed by atoms with van der Waals surface area (Å²) in [7, 11) is 0. The molecule has 1 N–H and O–H groups in total. The van der Waals surface area contributed by atoms with Gasteiger partial charge in [-0.1, -0.05) is 24.3 Å². The van der Waals surface area contributed by atoms with Crippen molar-refractivity contribution in [2.24, 2.45) is 0 Å². The minimum atomic E-state index is -0.979. The van der Waals surface area contributed by atoms with E-state index in [1.807, 2.05) is 30.3 Å². The summed E-state index contributed by atoms with van der Waals surface area (Å²) in [5.74, 6) is 0.288. The van der Waals surface area contributed by atoms with Gasteiger partial charge in [-0.2, -0.15) is 0 Å². The quantitative estimate of drug-likeness (QED) is 0.429. The Morgan fingerprint density at radius 3 is 2.54 bits per heavy atom.